The van der Waals surface area contributed by atoms with E-state index in [2.05, 4.69) is 11.9 Å². The van der Waals surface area contributed by atoms with Crippen molar-refractivity contribution in [2.75, 3.05) is 23.5 Å². The average molecular weight is 251 g/mol. The van der Waals surface area contributed by atoms with Gasteiger partial charge in [-0.25, -0.2) is 4.79 Å². The summed E-state index contributed by atoms with van der Waals surface area (Å²) in [5.41, 5.74) is 1.45. The number of aromatic carboxylic acids is 1. The molecule has 3 nitrogen and oxygen atoms in total. The van der Waals surface area contributed by atoms with Crippen LogP contribution in [0, 0.1) is 0 Å². The fourth-order valence-electron chi connectivity index (χ4n) is 2.12. The van der Waals surface area contributed by atoms with Crippen LogP contribution < -0.4 is 4.90 Å². The van der Waals surface area contributed by atoms with E-state index in [9.17, 15) is 4.79 Å². The molecule has 1 fully saturated rings. The fourth-order valence-corrected chi connectivity index (χ4v) is 3.20. The van der Waals surface area contributed by atoms with E-state index in [0.717, 1.165) is 5.69 Å². The highest BCUT2D eigenvalue weighted by atomic mass is 32.2. The van der Waals surface area contributed by atoms with E-state index < -0.39 is 5.97 Å². The lowest BCUT2D eigenvalue weighted by Crippen LogP contribution is -2.34. The summed E-state index contributed by atoms with van der Waals surface area (Å²) < 4.78 is 0. The Hall–Kier alpha value is -1.16. The third-order valence-corrected chi connectivity index (χ3v) is 4.31. The summed E-state index contributed by atoms with van der Waals surface area (Å²) in [6.07, 6.45) is 2.42. The zero-order valence-electron chi connectivity index (χ0n) is 9.93. The molecule has 0 radical (unpaired) electrons. The topological polar surface area (TPSA) is 40.5 Å². The molecule has 1 aromatic rings. The number of benzene rings is 1. The summed E-state index contributed by atoms with van der Waals surface area (Å²) in [6, 6.07) is 7.72. The predicted octanol–water partition coefficient (Wildman–Crippen LogP) is 2.72. The number of carboxylic acid groups (broad SMARTS) is 1. The number of carboxylic acids is 1. The number of hydrogen-bond donors (Lipinski definition) is 1. The second-order valence-electron chi connectivity index (χ2n) is 4.31. The van der Waals surface area contributed by atoms with Gasteiger partial charge in [-0.15, -0.1) is 0 Å². The van der Waals surface area contributed by atoms with Crippen LogP contribution in [0.25, 0.3) is 0 Å². The van der Waals surface area contributed by atoms with Crippen LogP contribution in [0.3, 0.4) is 0 Å². The van der Waals surface area contributed by atoms with Gasteiger partial charge in [0.2, 0.25) is 0 Å². The van der Waals surface area contributed by atoms with Crippen molar-refractivity contribution in [2.24, 2.45) is 0 Å². The van der Waals surface area contributed by atoms with Gasteiger partial charge in [0.1, 0.15) is 0 Å². The number of rotatable bonds is 3. The average Bonchev–Trinajstić information content (AvgIpc) is 2.39. The highest BCUT2D eigenvalue weighted by Gasteiger charge is 2.18. The lowest BCUT2D eigenvalue weighted by Gasteiger charge is -2.32. The van der Waals surface area contributed by atoms with Gasteiger partial charge >= 0.3 is 5.97 Å². The normalized spacial score (nSPS) is 16.8. The maximum absolute atomic E-state index is 10.8. The number of carbonyl (C=O) groups is 1. The summed E-state index contributed by atoms with van der Waals surface area (Å²) in [4.78, 5) is 13.0. The van der Waals surface area contributed by atoms with Crippen molar-refractivity contribution < 1.29 is 9.90 Å². The molecule has 0 aliphatic carbocycles. The quantitative estimate of drug-likeness (QED) is 0.896. The Morgan fingerprint density at radius 1 is 1.29 bits per heavy atom. The lowest BCUT2D eigenvalue weighted by molar-refractivity contribution is 0.0697. The van der Waals surface area contributed by atoms with Gasteiger partial charge in [-0.3, -0.25) is 0 Å². The van der Waals surface area contributed by atoms with Crippen molar-refractivity contribution in [3.63, 3.8) is 0 Å². The van der Waals surface area contributed by atoms with E-state index in [1.165, 1.54) is 24.3 Å². The Kier molecular flexibility index (Phi) is 3.94. The number of thioether (sulfide) groups is 1. The van der Waals surface area contributed by atoms with Crippen molar-refractivity contribution in [3.8, 4) is 0 Å². The number of anilines is 1. The fraction of sp³-hybridized carbons (Fsp3) is 0.462. The van der Waals surface area contributed by atoms with Gasteiger partial charge in [-0.1, -0.05) is 0 Å². The van der Waals surface area contributed by atoms with E-state index >= 15 is 0 Å². The zero-order chi connectivity index (χ0) is 12.3. The van der Waals surface area contributed by atoms with E-state index in [1.54, 1.807) is 12.1 Å². The van der Waals surface area contributed by atoms with Crippen molar-refractivity contribution in [1.29, 1.82) is 0 Å². The summed E-state index contributed by atoms with van der Waals surface area (Å²) in [6.45, 7) is 0. The molecule has 92 valence electrons. The smallest absolute Gasteiger partial charge is 0.335 e. The first-order chi connectivity index (χ1) is 8.18. The number of hydrogen-bond acceptors (Lipinski definition) is 3. The minimum absolute atomic E-state index is 0.348. The molecular weight excluding hydrogens is 234 g/mol. The summed E-state index contributed by atoms with van der Waals surface area (Å²) in [7, 11) is 2.09. The maximum Gasteiger partial charge on any atom is 0.335 e. The Morgan fingerprint density at radius 3 is 2.41 bits per heavy atom. The molecule has 1 N–H and O–H groups in total. The molecular formula is C13H17NO2S. The Morgan fingerprint density at radius 2 is 1.88 bits per heavy atom. The van der Waals surface area contributed by atoms with Gasteiger partial charge in [-0.2, -0.15) is 11.8 Å². The molecule has 1 saturated heterocycles. The van der Waals surface area contributed by atoms with Gasteiger partial charge in [0.25, 0.3) is 0 Å². The maximum atomic E-state index is 10.8. The largest absolute Gasteiger partial charge is 0.478 e. The molecule has 17 heavy (non-hydrogen) atoms. The van der Waals surface area contributed by atoms with Gasteiger partial charge in [0, 0.05) is 18.8 Å². The molecule has 1 aromatic carbocycles. The van der Waals surface area contributed by atoms with Gasteiger partial charge in [0.15, 0.2) is 0 Å². The van der Waals surface area contributed by atoms with Crippen LogP contribution in [0.1, 0.15) is 23.2 Å². The lowest BCUT2D eigenvalue weighted by atomic mass is 10.1. The molecule has 0 unspecified atom stereocenters. The van der Waals surface area contributed by atoms with Gasteiger partial charge in [-0.05, 0) is 48.6 Å². The molecule has 0 bridgehead atoms. The van der Waals surface area contributed by atoms with E-state index in [-0.39, 0.29) is 0 Å². The van der Waals surface area contributed by atoms with E-state index in [4.69, 9.17) is 5.11 Å². The van der Waals surface area contributed by atoms with E-state index in [1.807, 2.05) is 23.9 Å². The molecule has 2 rings (SSSR count). The van der Waals surface area contributed by atoms with Crippen molar-refractivity contribution in [2.45, 2.75) is 18.9 Å². The molecule has 0 saturated carbocycles. The van der Waals surface area contributed by atoms with Crippen molar-refractivity contribution in [3.05, 3.63) is 29.8 Å². The third kappa shape index (κ3) is 2.94. The first kappa shape index (κ1) is 12.3. The second-order valence-corrected chi connectivity index (χ2v) is 5.53. The van der Waals surface area contributed by atoms with Gasteiger partial charge in [0.05, 0.1) is 5.56 Å². The number of nitrogens with zero attached hydrogens (tertiary/aromatic N) is 1. The SMILES string of the molecule is CN(c1ccc(C(=O)O)cc1)C1CCSCC1. The van der Waals surface area contributed by atoms with Crippen LogP contribution in [0.2, 0.25) is 0 Å². The predicted molar refractivity (Wildman–Crippen MR) is 72.2 cm³/mol. The Labute approximate surface area is 106 Å². The van der Waals surface area contributed by atoms with E-state index in [0.29, 0.717) is 11.6 Å². The summed E-state index contributed by atoms with van der Waals surface area (Å²) >= 11 is 2.01. The minimum atomic E-state index is -0.867. The van der Waals surface area contributed by atoms with Crippen molar-refractivity contribution in [1.82, 2.24) is 0 Å². The molecule has 0 atom stereocenters. The molecule has 0 aromatic heterocycles. The highest BCUT2D eigenvalue weighted by Crippen LogP contribution is 2.25. The highest BCUT2D eigenvalue weighted by molar-refractivity contribution is 7.99. The molecule has 1 aliphatic heterocycles. The first-order valence-electron chi connectivity index (χ1n) is 5.82. The zero-order valence-corrected chi connectivity index (χ0v) is 10.7. The molecule has 1 heterocycles. The summed E-state index contributed by atoms with van der Waals surface area (Å²) in [5.74, 6) is 1.58. The summed E-state index contributed by atoms with van der Waals surface area (Å²) in [5, 5.41) is 8.85. The van der Waals surface area contributed by atoms with Crippen LogP contribution in [0.4, 0.5) is 5.69 Å². The van der Waals surface area contributed by atoms with Crippen LogP contribution >= 0.6 is 11.8 Å². The first-order valence-corrected chi connectivity index (χ1v) is 6.98. The molecule has 4 heteroatoms. The second kappa shape index (κ2) is 5.45. The van der Waals surface area contributed by atoms with Crippen LogP contribution in [-0.2, 0) is 0 Å². The van der Waals surface area contributed by atoms with Crippen LogP contribution in [0.5, 0.6) is 0 Å². The Bertz CT molecular complexity index is 385. The van der Waals surface area contributed by atoms with Crippen LogP contribution in [-0.4, -0.2) is 35.7 Å². The third-order valence-electron chi connectivity index (χ3n) is 3.26. The van der Waals surface area contributed by atoms with Crippen LogP contribution in [0.15, 0.2) is 24.3 Å². The molecule has 0 amide bonds. The minimum Gasteiger partial charge on any atom is -0.478 e. The van der Waals surface area contributed by atoms with Crippen molar-refractivity contribution >= 4 is 23.4 Å². The monoisotopic (exact) mass is 251 g/mol. The molecule has 1 aliphatic rings. The Balaban J connectivity index is 2.07. The van der Waals surface area contributed by atoms with Gasteiger partial charge < -0.3 is 10.0 Å². The standard InChI is InChI=1S/C13H17NO2S/c1-14(12-6-8-17-9-7-12)11-4-2-10(3-5-11)13(15)16/h2-5,12H,6-9H2,1H3,(H,15,16). The molecule has 0 spiro atoms.